The van der Waals surface area contributed by atoms with Crippen LogP contribution in [0.3, 0.4) is 0 Å². The molecular formula is C18H22N4O2. The van der Waals surface area contributed by atoms with Crippen molar-refractivity contribution in [3.8, 4) is 5.75 Å². The Hall–Kier alpha value is -2.76. The molecule has 1 aromatic carbocycles. The van der Waals surface area contributed by atoms with Gasteiger partial charge in [0.1, 0.15) is 5.75 Å². The maximum atomic E-state index is 12.3. The first-order valence-corrected chi connectivity index (χ1v) is 8.07. The number of methoxy groups -OCH3 is 1. The van der Waals surface area contributed by atoms with E-state index in [0.29, 0.717) is 13.1 Å². The molecule has 6 nitrogen and oxygen atoms in total. The number of nitrogens with one attached hydrogen (secondary N) is 2. The van der Waals surface area contributed by atoms with Gasteiger partial charge in [-0.05, 0) is 36.2 Å². The molecule has 6 heteroatoms. The molecule has 2 N–H and O–H groups in total. The van der Waals surface area contributed by atoms with E-state index in [4.69, 9.17) is 4.74 Å². The molecule has 2 amide bonds. The van der Waals surface area contributed by atoms with Crippen molar-refractivity contribution in [3.05, 3.63) is 54.4 Å². The minimum Gasteiger partial charge on any atom is -0.497 e. The Bertz CT molecular complexity index is 678. The molecule has 126 valence electrons. The summed E-state index contributed by atoms with van der Waals surface area (Å²) in [5, 5.41) is 6.38. The summed E-state index contributed by atoms with van der Waals surface area (Å²) < 4.78 is 5.20. The summed E-state index contributed by atoms with van der Waals surface area (Å²) in [6, 6.07) is 11.8. The Morgan fingerprint density at radius 3 is 3.08 bits per heavy atom. The molecule has 0 spiro atoms. The number of carbonyl (C=O) groups is 1. The van der Waals surface area contributed by atoms with E-state index in [0.717, 1.165) is 30.0 Å². The highest BCUT2D eigenvalue weighted by Crippen LogP contribution is 2.16. The van der Waals surface area contributed by atoms with E-state index in [1.54, 1.807) is 19.5 Å². The van der Waals surface area contributed by atoms with Crippen LogP contribution in [0.4, 0.5) is 10.5 Å². The largest absolute Gasteiger partial charge is 0.497 e. The summed E-state index contributed by atoms with van der Waals surface area (Å²) in [6.07, 6.45) is 4.48. The van der Waals surface area contributed by atoms with Gasteiger partial charge in [-0.15, -0.1) is 0 Å². The summed E-state index contributed by atoms with van der Waals surface area (Å²) in [6.45, 7) is 1.94. The van der Waals surface area contributed by atoms with Gasteiger partial charge >= 0.3 is 6.03 Å². The third-order valence-corrected chi connectivity index (χ3v) is 4.09. The smallest absolute Gasteiger partial charge is 0.317 e. The number of urea groups is 1. The molecule has 1 aliphatic rings. The Morgan fingerprint density at radius 1 is 1.38 bits per heavy atom. The van der Waals surface area contributed by atoms with E-state index in [9.17, 15) is 4.79 Å². The molecule has 1 aromatic heterocycles. The second-order valence-corrected chi connectivity index (χ2v) is 5.83. The summed E-state index contributed by atoms with van der Waals surface area (Å²) in [7, 11) is 1.64. The quantitative estimate of drug-likeness (QED) is 0.886. The van der Waals surface area contributed by atoms with Crippen LogP contribution < -0.4 is 15.4 Å². The van der Waals surface area contributed by atoms with Crippen molar-refractivity contribution >= 4 is 11.7 Å². The van der Waals surface area contributed by atoms with Crippen LogP contribution in [0.5, 0.6) is 5.75 Å². The van der Waals surface area contributed by atoms with E-state index in [1.165, 1.54) is 0 Å². The molecule has 24 heavy (non-hydrogen) atoms. The van der Waals surface area contributed by atoms with Gasteiger partial charge in [-0.2, -0.15) is 0 Å². The van der Waals surface area contributed by atoms with Crippen molar-refractivity contribution in [2.45, 2.75) is 19.0 Å². The number of anilines is 1. The number of amides is 2. The molecule has 0 bridgehead atoms. The molecule has 0 radical (unpaired) electrons. The predicted octanol–water partition coefficient (Wildman–Crippen LogP) is 2.49. The van der Waals surface area contributed by atoms with Gasteiger partial charge in [-0.25, -0.2) is 4.79 Å². The summed E-state index contributed by atoms with van der Waals surface area (Å²) >= 11 is 0. The molecule has 2 heterocycles. The number of hydrogen-bond donors (Lipinski definition) is 2. The minimum absolute atomic E-state index is 0.0340. The lowest BCUT2D eigenvalue weighted by molar-refractivity contribution is 0.208. The van der Waals surface area contributed by atoms with Gasteiger partial charge in [0.05, 0.1) is 12.8 Å². The molecular weight excluding hydrogens is 304 g/mol. The Balaban J connectivity index is 1.47. The molecule has 1 unspecified atom stereocenters. The van der Waals surface area contributed by atoms with Crippen LogP contribution in [0.15, 0.2) is 48.8 Å². The average Bonchev–Trinajstić information content (AvgIpc) is 3.09. The van der Waals surface area contributed by atoms with Gasteiger partial charge in [0.15, 0.2) is 0 Å². The van der Waals surface area contributed by atoms with Crippen molar-refractivity contribution in [2.75, 3.05) is 25.5 Å². The topological polar surface area (TPSA) is 66.5 Å². The molecule has 3 rings (SSSR count). The number of rotatable bonds is 5. The molecule has 0 saturated carbocycles. The standard InChI is InChI=1S/C18H22N4O2/c1-24-17-6-2-4-14(10-17)11-20-18(23)22-9-7-16(13-22)21-15-5-3-8-19-12-15/h2-6,8,10,12,16,21H,7,9,11,13H2,1H3,(H,20,23). The van der Waals surface area contributed by atoms with Crippen molar-refractivity contribution in [1.82, 2.24) is 15.2 Å². The van der Waals surface area contributed by atoms with Gasteiger partial charge in [0.2, 0.25) is 0 Å². The van der Waals surface area contributed by atoms with Crippen molar-refractivity contribution in [1.29, 1.82) is 0 Å². The van der Waals surface area contributed by atoms with Gasteiger partial charge < -0.3 is 20.3 Å². The zero-order valence-electron chi connectivity index (χ0n) is 13.7. The van der Waals surface area contributed by atoms with Crippen LogP contribution in [0, 0.1) is 0 Å². The van der Waals surface area contributed by atoms with Crippen LogP contribution in [-0.4, -0.2) is 42.2 Å². The molecule has 2 aromatic rings. The second kappa shape index (κ2) is 7.68. The summed E-state index contributed by atoms with van der Waals surface area (Å²) in [5.41, 5.74) is 2.01. The first kappa shape index (κ1) is 16.1. The van der Waals surface area contributed by atoms with E-state index in [-0.39, 0.29) is 12.1 Å². The van der Waals surface area contributed by atoms with Gasteiger partial charge in [0, 0.05) is 38.1 Å². The van der Waals surface area contributed by atoms with E-state index >= 15 is 0 Å². The lowest BCUT2D eigenvalue weighted by Crippen LogP contribution is -2.39. The number of carbonyl (C=O) groups excluding carboxylic acids is 1. The van der Waals surface area contributed by atoms with Gasteiger partial charge in [-0.1, -0.05) is 12.1 Å². The number of ether oxygens (including phenoxy) is 1. The number of benzene rings is 1. The fourth-order valence-corrected chi connectivity index (χ4v) is 2.82. The number of likely N-dealkylation sites (tertiary alicyclic amines) is 1. The zero-order valence-corrected chi connectivity index (χ0v) is 13.7. The normalized spacial score (nSPS) is 16.7. The molecule has 1 fully saturated rings. The fourth-order valence-electron chi connectivity index (χ4n) is 2.82. The monoisotopic (exact) mass is 326 g/mol. The van der Waals surface area contributed by atoms with Crippen LogP contribution >= 0.6 is 0 Å². The van der Waals surface area contributed by atoms with Crippen LogP contribution in [-0.2, 0) is 6.54 Å². The van der Waals surface area contributed by atoms with Crippen molar-refractivity contribution < 1.29 is 9.53 Å². The lowest BCUT2D eigenvalue weighted by Gasteiger charge is -2.18. The summed E-state index contributed by atoms with van der Waals surface area (Å²) in [5.74, 6) is 0.795. The van der Waals surface area contributed by atoms with Crippen molar-refractivity contribution in [2.24, 2.45) is 0 Å². The molecule has 1 atom stereocenters. The van der Waals surface area contributed by atoms with E-state index in [2.05, 4.69) is 15.6 Å². The Kier molecular flexibility index (Phi) is 5.15. The zero-order chi connectivity index (χ0) is 16.8. The molecule has 0 aliphatic carbocycles. The van der Waals surface area contributed by atoms with E-state index < -0.39 is 0 Å². The number of hydrogen-bond acceptors (Lipinski definition) is 4. The number of pyridine rings is 1. The predicted molar refractivity (Wildman–Crippen MR) is 93.1 cm³/mol. The maximum absolute atomic E-state index is 12.3. The number of nitrogens with zero attached hydrogens (tertiary/aromatic N) is 2. The summed E-state index contributed by atoms with van der Waals surface area (Å²) in [4.78, 5) is 18.2. The minimum atomic E-state index is -0.0340. The van der Waals surface area contributed by atoms with Gasteiger partial charge in [0.25, 0.3) is 0 Å². The van der Waals surface area contributed by atoms with E-state index in [1.807, 2.05) is 41.3 Å². The third kappa shape index (κ3) is 4.16. The first-order valence-electron chi connectivity index (χ1n) is 8.07. The molecule has 1 aliphatic heterocycles. The van der Waals surface area contributed by atoms with Crippen molar-refractivity contribution in [3.63, 3.8) is 0 Å². The Labute approximate surface area is 141 Å². The van der Waals surface area contributed by atoms with Crippen LogP contribution in [0.1, 0.15) is 12.0 Å². The second-order valence-electron chi connectivity index (χ2n) is 5.83. The average molecular weight is 326 g/mol. The number of aromatic nitrogens is 1. The SMILES string of the molecule is COc1cccc(CNC(=O)N2CCC(Nc3cccnc3)C2)c1. The first-order chi connectivity index (χ1) is 11.7. The third-order valence-electron chi connectivity index (χ3n) is 4.09. The highest BCUT2D eigenvalue weighted by molar-refractivity contribution is 5.74. The highest BCUT2D eigenvalue weighted by atomic mass is 16.5. The Morgan fingerprint density at radius 2 is 2.29 bits per heavy atom. The molecule has 1 saturated heterocycles. The lowest BCUT2D eigenvalue weighted by atomic mass is 10.2. The van der Waals surface area contributed by atoms with Gasteiger partial charge in [-0.3, -0.25) is 4.98 Å². The highest BCUT2D eigenvalue weighted by Gasteiger charge is 2.25. The maximum Gasteiger partial charge on any atom is 0.317 e. The van der Waals surface area contributed by atoms with Crippen LogP contribution in [0.2, 0.25) is 0 Å². The fraction of sp³-hybridized carbons (Fsp3) is 0.333. The van der Waals surface area contributed by atoms with Crippen LogP contribution in [0.25, 0.3) is 0 Å².